The predicted molar refractivity (Wildman–Crippen MR) is 49.1 cm³/mol. The highest BCUT2D eigenvalue weighted by atomic mass is 127. The molecule has 46 valence electrons. The number of nitrogens with one attached hydrogen (secondary N) is 1. The van der Waals surface area contributed by atoms with E-state index in [1.54, 1.807) is 0 Å². The fraction of sp³-hybridized carbons (Fsp3) is 0.500. The lowest BCUT2D eigenvalue weighted by atomic mass is 10.7. The molecule has 0 atom stereocenters. The van der Waals surface area contributed by atoms with Crippen molar-refractivity contribution < 1.29 is 0 Å². The van der Waals surface area contributed by atoms with Crippen LogP contribution in [0.1, 0.15) is 6.92 Å². The summed E-state index contributed by atoms with van der Waals surface area (Å²) in [7, 11) is 0. The van der Waals surface area contributed by atoms with E-state index in [-0.39, 0.29) is 24.0 Å². The Hall–Kier alpha value is 0.290. The minimum atomic E-state index is 0. The molecule has 1 aliphatic heterocycles. The van der Waals surface area contributed by atoms with Crippen LogP contribution in [-0.2, 0) is 0 Å². The number of hydrogen-bond acceptors (Lipinski definition) is 2. The molecule has 1 N–H and O–H groups in total. The molecule has 2 nitrogen and oxygen atoms in total. The van der Waals surface area contributed by atoms with Crippen LogP contribution in [0.4, 0.5) is 0 Å². The molecule has 0 radical (unpaired) electrons. The third kappa shape index (κ3) is 2.04. The topological polar surface area (TPSA) is 24.4 Å². The van der Waals surface area contributed by atoms with Crippen LogP contribution in [0, 0.1) is 0 Å². The summed E-state index contributed by atoms with van der Waals surface area (Å²) in [5.74, 6) is 0.935. The molecule has 0 spiro atoms. The monoisotopic (exact) mass is 242 g/mol. The van der Waals surface area contributed by atoms with Gasteiger partial charge in [0.1, 0.15) is 10.8 Å². The minimum absolute atomic E-state index is 0. The Bertz CT molecular complexity index is 132. The number of amidine groups is 1. The molecule has 0 amide bonds. The second kappa shape index (κ2) is 3.34. The quantitative estimate of drug-likeness (QED) is 0.505. The number of nitrogens with zero attached hydrogens (tertiary/aromatic N) is 1. The van der Waals surface area contributed by atoms with Crippen LogP contribution >= 0.6 is 36.2 Å². The Labute approximate surface area is 70.8 Å². The van der Waals surface area contributed by atoms with Gasteiger partial charge in [-0.25, -0.2) is 4.99 Å². The van der Waals surface area contributed by atoms with E-state index in [1.807, 2.05) is 6.92 Å². The molecule has 0 aromatic rings. The number of thiocarbonyl (C=S) groups is 1. The summed E-state index contributed by atoms with van der Waals surface area (Å²) < 4.78 is 0. The molecule has 0 aliphatic carbocycles. The van der Waals surface area contributed by atoms with Crippen molar-refractivity contribution in [3.63, 3.8) is 0 Å². The highest BCUT2D eigenvalue weighted by Gasteiger charge is 2.01. The predicted octanol–water partition coefficient (Wildman–Crippen LogP) is 0.953. The van der Waals surface area contributed by atoms with Gasteiger partial charge >= 0.3 is 0 Å². The van der Waals surface area contributed by atoms with Crippen molar-refractivity contribution in [2.45, 2.75) is 6.92 Å². The van der Waals surface area contributed by atoms with Gasteiger partial charge in [-0.05, 0) is 6.92 Å². The van der Waals surface area contributed by atoms with Crippen molar-refractivity contribution in [2.75, 3.05) is 6.54 Å². The van der Waals surface area contributed by atoms with Gasteiger partial charge in [0.05, 0.1) is 6.54 Å². The smallest absolute Gasteiger partial charge is 0.124 e. The van der Waals surface area contributed by atoms with Gasteiger partial charge in [-0.2, -0.15) is 0 Å². The molecule has 0 aromatic heterocycles. The summed E-state index contributed by atoms with van der Waals surface area (Å²) in [6.45, 7) is 2.65. The maximum absolute atomic E-state index is 4.75. The van der Waals surface area contributed by atoms with Gasteiger partial charge in [-0.3, -0.25) is 0 Å². The number of hydrogen-bond donors (Lipinski definition) is 1. The molecule has 1 rings (SSSR count). The van der Waals surface area contributed by atoms with Gasteiger partial charge in [0.2, 0.25) is 0 Å². The van der Waals surface area contributed by atoms with E-state index in [0.29, 0.717) is 0 Å². The van der Waals surface area contributed by atoms with Crippen LogP contribution in [0.15, 0.2) is 4.99 Å². The zero-order valence-electron chi connectivity index (χ0n) is 4.47. The fourth-order valence-electron chi connectivity index (χ4n) is 0.470. The molecule has 8 heavy (non-hydrogen) atoms. The number of aliphatic imine (C=N–C) groups is 1. The highest BCUT2D eigenvalue weighted by Crippen LogP contribution is 1.87. The van der Waals surface area contributed by atoms with Crippen molar-refractivity contribution in [1.82, 2.24) is 5.32 Å². The minimum Gasteiger partial charge on any atom is -0.367 e. The second-order valence-corrected chi connectivity index (χ2v) is 1.92. The van der Waals surface area contributed by atoms with Crippen LogP contribution in [0.3, 0.4) is 0 Å². The van der Waals surface area contributed by atoms with Crippen molar-refractivity contribution >= 4 is 47.0 Å². The summed E-state index contributed by atoms with van der Waals surface area (Å²) in [5.41, 5.74) is 0. The summed E-state index contributed by atoms with van der Waals surface area (Å²) in [6.07, 6.45) is 0. The van der Waals surface area contributed by atoms with Crippen LogP contribution in [0.5, 0.6) is 0 Å². The van der Waals surface area contributed by atoms with Gasteiger partial charge in [-0.15, -0.1) is 24.0 Å². The first kappa shape index (κ1) is 8.29. The Morgan fingerprint density at radius 1 is 1.75 bits per heavy atom. The first-order valence-electron chi connectivity index (χ1n) is 2.11. The van der Waals surface area contributed by atoms with Gasteiger partial charge in [-0.1, -0.05) is 12.2 Å². The van der Waals surface area contributed by atoms with E-state index >= 15 is 0 Å². The van der Waals surface area contributed by atoms with E-state index in [0.717, 1.165) is 17.4 Å². The lowest BCUT2D eigenvalue weighted by molar-refractivity contribution is 1.12. The molecular formula is C4H7IN2S. The van der Waals surface area contributed by atoms with Crippen LogP contribution in [0.2, 0.25) is 0 Å². The summed E-state index contributed by atoms with van der Waals surface area (Å²) in [5, 5.41) is 2.98. The molecular weight excluding hydrogens is 235 g/mol. The first-order valence-corrected chi connectivity index (χ1v) is 2.52. The van der Waals surface area contributed by atoms with Gasteiger partial charge in [0, 0.05) is 0 Å². The average molecular weight is 242 g/mol. The van der Waals surface area contributed by atoms with Crippen LogP contribution in [-0.4, -0.2) is 17.4 Å². The molecule has 1 aliphatic rings. The fourth-order valence-corrected chi connectivity index (χ4v) is 0.679. The second-order valence-electron chi connectivity index (χ2n) is 1.44. The molecule has 0 bridgehead atoms. The highest BCUT2D eigenvalue weighted by molar-refractivity contribution is 14.0. The van der Waals surface area contributed by atoms with Crippen molar-refractivity contribution in [3.8, 4) is 0 Å². The van der Waals surface area contributed by atoms with Gasteiger partial charge < -0.3 is 5.32 Å². The average Bonchev–Trinajstić information content (AvgIpc) is 1.87. The molecule has 4 heteroatoms. The molecule has 0 aromatic carbocycles. The maximum Gasteiger partial charge on any atom is 0.124 e. The van der Waals surface area contributed by atoms with Crippen LogP contribution < -0.4 is 5.32 Å². The molecule has 0 saturated carbocycles. The molecule has 1 heterocycles. The van der Waals surface area contributed by atoms with E-state index < -0.39 is 0 Å². The van der Waals surface area contributed by atoms with Gasteiger partial charge in [0.15, 0.2) is 0 Å². The van der Waals surface area contributed by atoms with E-state index in [9.17, 15) is 0 Å². The van der Waals surface area contributed by atoms with Crippen LogP contribution in [0.25, 0.3) is 0 Å². The Kier molecular flexibility index (Phi) is 3.46. The summed E-state index contributed by atoms with van der Waals surface area (Å²) in [4.78, 5) is 4.69. The Balaban J connectivity index is 0.000000490. The van der Waals surface area contributed by atoms with Crippen molar-refractivity contribution in [1.29, 1.82) is 0 Å². The normalized spacial score (nSPS) is 16.6. The Morgan fingerprint density at radius 2 is 2.38 bits per heavy atom. The van der Waals surface area contributed by atoms with E-state index in [2.05, 4.69) is 10.3 Å². The molecule has 0 fully saturated rings. The lowest BCUT2D eigenvalue weighted by Gasteiger charge is -1.84. The largest absolute Gasteiger partial charge is 0.367 e. The van der Waals surface area contributed by atoms with Gasteiger partial charge in [0.25, 0.3) is 0 Å². The third-order valence-corrected chi connectivity index (χ3v) is 1.02. The first-order chi connectivity index (χ1) is 3.29. The van der Waals surface area contributed by atoms with E-state index in [1.165, 1.54) is 0 Å². The van der Waals surface area contributed by atoms with Crippen molar-refractivity contribution in [3.05, 3.63) is 0 Å². The Morgan fingerprint density at radius 3 is 2.50 bits per heavy atom. The zero-order valence-corrected chi connectivity index (χ0v) is 7.62. The standard InChI is InChI=1S/C4H6N2S.HI/c1-3-5-2-4(7)6-3;/h2H2,1H3,(H,5,6,7);1H. The van der Waals surface area contributed by atoms with Crippen molar-refractivity contribution in [2.24, 2.45) is 4.99 Å². The molecule has 0 unspecified atom stereocenters. The molecule has 0 saturated heterocycles. The number of rotatable bonds is 0. The number of halogens is 1. The SMILES string of the molecule is CC1=NC(=S)CN1.I. The zero-order chi connectivity index (χ0) is 5.28. The summed E-state index contributed by atoms with van der Waals surface area (Å²) >= 11 is 4.75. The third-order valence-electron chi connectivity index (χ3n) is 0.788. The maximum atomic E-state index is 4.75. The summed E-state index contributed by atoms with van der Waals surface area (Å²) in [6, 6.07) is 0. The van der Waals surface area contributed by atoms with E-state index in [4.69, 9.17) is 12.2 Å². The lowest BCUT2D eigenvalue weighted by Crippen LogP contribution is -2.15.